The SMILES string of the molecule is CC(C)N1CNCc2cc(F)ccc21. The predicted octanol–water partition coefficient (Wildman–Crippen LogP) is 2.10. The van der Waals surface area contributed by atoms with E-state index in [4.69, 9.17) is 0 Å². The van der Waals surface area contributed by atoms with E-state index >= 15 is 0 Å². The number of rotatable bonds is 1. The lowest BCUT2D eigenvalue weighted by molar-refractivity contribution is 0.561. The van der Waals surface area contributed by atoms with Crippen molar-refractivity contribution in [3.63, 3.8) is 0 Å². The van der Waals surface area contributed by atoms with Gasteiger partial charge in [0.2, 0.25) is 0 Å². The Kier molecular flexibility index (Phi) is 2.42. The third-order valence-electron chi connectivity index (χ3n) is 2.57. The maximum absolute atomic E-state index is 13.0. The molecule has 0 aromatic heterocycles. The molecule has 2 nitrogen and oxygen atoms in total. The van der Waals surface area contributed by atoms with E-state index in [1.54, 1.807) is 6.07 Å². The van der Waals surface area contributed by atoms with Crippen LogP contribution in [0.4, 0.5) is 10.1 Å². The second-order valence-corrected chi connectivity index (χ2v) is 3.92. The number of hydrogen-bond donors (Lipinski definition) is 1. The summed E-state index contributed by atoms with van der Waals surface area (Å²) in [5.41, 5.74) is 2.20. The first-order valence-electron chi connectivity index (χ1n) is 4.94. The number of fused-ring (bicyclic) bond motifs is 1. The molecule has 0 bridgehead atoms. The highest BCUT2D eigenvalue weighted by Crippen LogP contribution is 2.25. The summed E-state index contributed by atoms with van der Waals surface area (Å²) in [7, 11) is 0. The Hall–Kier alpha value is -1.09. The molecule has 1 aromatic carbocycles. The summed E-state index contributed by atoms with van der Waals surface area (Å²) in [6.07, 6.45) is 0. The van der Waals surface area contributed by atoms with Crippen LogP contribution in [0.1, 0.15) is 19.4 Å². The summed E-state index contributed by atoms with van der Waals surface area (Å²) in [5, 5.41) is 3.26. The van der Waals surface area contributed by atoms with E-state index in [9.17, 15) is 4.39 Å². The predicted molar refractivity (Wildman–Crippen MR) is 55.7 cm³/mol. The zero-order valence-electron chi connectivity index (χ0n) is 8.55. The highest BCUT2D eigenvalue weighted by molar-refractivity contribution is 5.55. The molecule has 1 N–H and O–H groups in total. The van der Waals surface area contributed by atoms with Gasteiger partial charge in [-0.1, -0.05) is 0 Å². The van der Waals surface area contributed by atoms with Gasteiger partial charge in [-0.05, 0) is 37.6 Å². The lowest BCUT2D eigenvalue weighted by Crippen LogP contribution is -2.43. The highest BCUT2D eigenvalue weighted by atomic mass is 19.1. The van der Waals surface area contributed by atoms with Crippen LogP contribution in [0.3, 0.4) is 0 Å². The Balaban J connectivity index is 2.40. The van der Waals surface area contributed by atoms with Gasteiger partial charge in [0, 0.05) is 18.3 Å². The molecule has 1 aliphatic rings. The molecule has 0 fully saturated rings. The van der Waals surface area contributed by atoms with Crippen molar-refractivity contribution in [2.75, 3.05) is 11.6 Å². The van der Waals surface area contributed by atoms with Crippen molar-refractivity contribution < 1.29 is 4.39 Å². The number of nitrogens with one attached hydrogen (secondary N) is 1. The van der Waals surface area contributed by atoms with E-state index in [1.807, 2.05) is 6.07 Å². The molecule has 0 atom stereocenters. The van der Waals surface area contributed by atoms with Crippen molar-refractivity contribution in [1.29, 1.82) is 0 Å². The monoisotopic (exact) mass is 194 g/mol. The van der Waals surface area contributed by atoms with Gasteiger partial charge < -0.3 is 4.90 Å². The quantitative estimate of drug-likeness (QED) is 0.736. The molecule has 0 saturated carbocycles. The maximum Gasteiger partial charge on any atom is 0.123 e. The molecule has 1 aromatic rings. The molecular formula is C11H15FN2. The third kappa shape index (κ3) is 1.60. The molecule has 76 valence electrons. The Morgan fingerprint density at radius 3 is 2.93 bits per heavy atom. The van der Waals surface area contributed by atoms with Gasteiger partial charge in [-0.3, -0.25) is 5.32 Å². The van der Waals surface area contributed by atoms with Crippen molar-refractivity contribution in [2.24, 2.45) is 0 Å². The Labute approximate surface area is 83.7 Å². The Bertz CT molecular complexity index is 336. The molecule has 0 saturated heterocycles. The molecule has 1 heterocycles. The van der Waals surface area contributed by atoms with Gasteiger partial charge in [0.25, 0.3) is 0 Å². The van der Waals surface area contributed by atoms with E-state index in [-0.39, 0.29) is 5.82 Å². The standard InChI is InChI=1S/C11H15FN2/c1-8(2)14-7-13-6-9-5-10(12)3-4-11(9)14/h3-5,8,13H,6-7H2,1-2H3. The van der Waals surface area contributed by atoms with E-state index in [2.05, 4.69) is 24.1 Å². The number of benzene rings is 1. The minimum atomic E-state index is -0.156. The minimum Gasteiger partial charge on any atom is -0.356 e. The van der Waals surface area contributed by atoms with Crippen molar-refractivity contribution in [3.05, 3.63) is 29.6 Å². The Morgan fingerprint density at radius 1 is 1.43 bits per heavy atom. The van der Waals surface area contributed by atoms with Gasteiger partial charge in [-0.25, -0.2) is 4.39 Å². The fourth-order valence-corrected chi connectivity index (χ4v) is 1.83. The molecular weight excluding hydrogens is 179 g/mol. The zero-order valence-corrected chi connectivity index (χ0v) is 8.55. The summed E-state index contributed by atoms with van der Waals surface area (Å²) in [5.74, 6) is -0.156. The van der Waals surface area contributed by atoms with Crippen LogP contribution in [0.5, 0.6) is 0 Å². The first-order chi connectivity index (χ1) is 6.68. The van der Waals surface area contributed by atoms with Crippen LogP contribution < -0.4 is 10.2 Å². The number of hydrogen-bond acceptors (Lipinski definition) is 2. The second kappa shape index (κ2) is 3.58. The van der Waals surface area contributed by atoms with Crippen molar-refractivity contribution >= 4 is 5.69 Å². The van der Waals surface area contributed by atoms with Gasteiger partial charge in [0.15, 0.2) is 0 Å². The summed E-state index contributed by atoms with van der Waals surface area (Å²) in [6.45, 7) is 5.88. The van der Waals surface area contributed by atoms with Gasteiger partial charge in [-0.2, -0.15) is 0 Å². The smallest absolute Gasteiger partial charge is 0.123 e. The average Bonchev–Trinajstić information content (AvgIpc) is 2.16. The van der Waals surface area contributed by atoms with E-state index in [0.29, 0.717) is 6.04 Å². The van der Waals surface area contributed by atoms with E-state index < -0.39 is 0 Å². The second-order valence-electron chi connectivity index (χ2n) is 3.92. The van der Waals surface area contributed by atoms with Crippen molar-refractivity contribution in [2.45, 2.75) is 26.4 Å². The molecule has 1 aliphatic heterocycles. The molecule has 0 aliphatic carbocycles. The Morgan fingerprint density at radius 2 is 2.21 bits per heavy atom. The summed E-state index contributed by atoms with van der Waals surface area (Å²) in [4.78, 5) is 2.23. The molecule has 0 spiro atoms. The van der Waals surface area contributed by atoms with Gasteiger partial charge in [-0.15, -0.1) is 0 Å². The largest absolute Gasteiger partial charge is 0.356 e. The first kappa shape index (κ1) is 9.46. The lowest BCUT2D eigenvalue weighted by atomic mass is 10.1. The zero-order chi connectivity index (χ0) is 10.1. The van der Waals surface area contributed by atoms with E-state index in [1.165, 1.54) is 6.07 Å². The van der Waals surface area contributed by atoms with Crippen LogP contribution in [0.15, 0.2) is 18.2 Å². The van der Waals surface area contributed by atoms with Crippen LogP contribution in [0.2, 0.25) is 0 Å². The molecule has 0 radical (unpaired) electrons. The average molecular weight is 194 g/mol. The van der Waals surface area contributed by atoms with Crippen LogP contribution >= 0.6 is 0 Å². The van der Waals surface area contributed by atoms with E-state index in [0.717, 1.165) is 24.5 Å². The third-order valence-corrected chi connectivity index (χ3v) is 2.57. The van der Waals surface area contributed by atoms with Gasteiger partial charge in [0.1, 0.15) is 5.82 Å². The fraction of sp³-hybridized carbons (Fsp3) is 0.455. The highest BCUT2D eigenvalue weighted by Gasteiger charge is 2.18. The minimum absolute atomic E-state index is 0.156. The van der Waals surface area contributed by atoms with Crippen LogP contribution in [-0.4, -0.2) is 12.7 Å². The normalized spacial score (nSPS) is 15.9. The van der Waals surface area contributed by atoms with Crippen molar-refractivity contribution in [1.82, 2.24) is 5.32 Å². The summed E-state index contributed by atoms with van der Waals surface area (Å²) < 4.78 is 13.0. The number of halogens is 1. The van der Waals surface area contributed by atoms with Crippen LogP contribution in [0, 0.1) is 5.82 Å². The lowest BCUT2D eigenvalue weighted by Gasteiger charge is -2.35. The maximum atomic E-state index is 13.0. The van der Waals surface area contributed by atoms with Gasteiger partial charge >= 0.3 is 0 Å². The number of anilines is 1. The van der Waals surface area contributed by atoms with Crippen LogP contribution in [0.25, 0.3) is 0 Å². The molecule has 2 rings (SSSR count). The molecule has 3 heteroatoms. The summed E-state index contributed by atoms with van der Waals surface area (Å²) in [6, 6.07) is 5.44. The number of nitrogens with zero attached hydrogens (tertiary/aromatic N) is 1. The molecule has 0 unspecified atom stereocenters. The molecule has 14 heavy (non-hydrogen) atoms. The molecule has 0 amide bonds. The van der Waals surface area contributed by atoms with Crippen molar-refractivity contribution in [3.8, 4) is 0 Å². The first-order valence-corrected chi connectivity index (χ1v) is 4.94. The topological polar surface area (TPSA) is 15.3 Å². The fourth-order valence-electron chi connectivity index (χ4n) is 1.83. The summed E-state index contributed by atoms with van der Waals surface area (Å²) >= 11 is 0. The van der Waals surface area contributed by atoms with Gasteiger partial charge in [0.05, 0.1) is 6.67 Å². The van der Waals surface area contributed by atoms with Crippen LogP contribution in [-0.2, 0) is 6.54 Å².